The number of nitrogens with one attached hydrogen (secondary N) is 1. The number of amides is 1. The molecule has 2 aliphatic carbocycles. The second kappa shape index (κ2) is 7.06. The summed E-state index contributed by atoms with van der Waals surface area (Å²) in [5.74, 6) is -0.786. The highest BCUT2D eigenvalue weighted by molar-refractivity contribution is 5.79. The molecule has 1 fully saturated rings. The zero-order valence-corrected chi connectivity index (χ0v) is 15.2. The lowest BCUT2D eigenvalue weighted by molar-refractivity contribution is -0.146. The van der Waals surface area contributed by atoms with E-state index in [1.165, 1.54) is 22.3 Å². The third-order valence-corrected chi connectivity index (χ3v) is 5.92. The van der Waals surface area contributed by atoms with Gasteiger partial charge in [0.1, 0.15) is 6.61 Å². The van der Waals surface area contributed by atoms with E-state index < -0.39 is 12.1 Å². The van der Waals surface area contributed by atoms with Gasteiger partial charge in [-0.2, -0.15) is 0 Å². The predicted molar refractivity (Wildman–Crippen MR) is 102 cm³/mol. The molecule has 5 heteroatoms. The number of ether oxygens (including phenoxy) is 1. The molecular weight excluding hydrogens is 342 g/mol. The topological polar surface area (TPSA) is 75.6 Å². The van der Waals surface area contributed by atoms with Gasteiger partial charge in [-0.1, -0.05) is 48.5 Å². The van der Waals surface area contributed by atoms with Crippen LogP contribution in [0.4, 0.5) is 4.79 Å². The van der Waals surface area contributed by atoms with Crippen LogP contribution < -0.4 is 5.32 Å². The maximum atomic E-state index is 12.2. The number of carboxylic acids is 1. The van der Waals surface area contributed by atoms with Crippen LogP contribution in [0, 0.1) is 11.8 Å². The van der Waals surface area contributed by atoms with E-state index in [1.807, 2.05) is 31.2 Å². The summed E-state index contributed by atoms with van der Waals surface area (Å²) < 4.78 is 5.54. The van der Waals surface area contributed by atoms with Crippen molar-refractivity contribution in [2.24, 2.45) is 11.8 Å². The van der Waals surface area contributed by atoms with E-state index in [-0.39, 0.29) is 30.4 Å². The Kier molecular flexibility index (Phi) is 4.60. The lowest BCUT2D eigenvalue weighted by Crippen LogP contribution is -2.45. The van der Waals surface area contributed by atoms with Crippen LogP contribution in [0.25, 0.3) is 11.1 Å². The van der Waals surface area contributed by atoms with Crippen molar-refractivity contribution in [3.8, 4) is 11.1 Å². The van der Waals surface area contributed by atoms with Gasteiger partial charge in [-0.3, -0.25) is 4.79 Å². The van der Waals surface area contributed by atoms with Gasteiger partial charge in [0.15, 0.2) is 0 Å². The number of rotatable bonds is 5. The largest absolute Gasteiger partial charge is 0.481 e. The number of hydrogen-bond donors (Lipinski definition) is 2. The Morgan fingerprint density at radius 1 is 1.07 bits per heavy atom. The molecule has 0 bridgehead atoms. The Balaban J connectivity index is 1.36. The number of carbonyl (C=O) groups is 2. The van der Waals surface area contributed by atoms with E-state index in [1.54, 1.807) is 0 Å². The zero-order chi connectivity index (χ0) is 19.0. The van der Waals surface area contributed by atoms with E-state index in [0.717, 1.165) is 0 Å². The molecule has 2 aromatic carbocycles. The van der Waals surface area contributed by atoms with Crippen LogP contribution in [-0.2, 0) is 9.53 Å². The molecule has 0 spiro atoms. The van der Waals surface area contributed by atoms with Crippen LogP contribution in [0.15, 0.2) is 48.5 Å². The summed E-state index contributed by atoms with van der Waals surface area (Å²) in [5, 5.41) is 11.8. The van der Waals surface area contributed by atoms with Gasteiger partial charge in [-0.15, -0.1) is 0 Å². The first-order valence-electron chi connectivity index (χ1n) is 9.39. The van der Waals surface area contributed by atoms with E-state index >= 15 is 0 Å². The Morgan fingerprint density at radius 3 is 2.19 bits per heavy atom. The summed E-state index contributed by atoms with van der Waals surface area (Å²) in [4.78, 5) is 23.2. The van der Waals surface area contributed by atoms with Gasteiger partial charge in [0.05, 0.1) is 5.92 Å². The molecule has 0 saturated heterocycles. The quantitative estimate of drug-likeness (QED) is 0.839. The van der Waals surface area contributed by atoms with Crippen molar-refractivity contribution >= 4 is 12.1 Å². The van der Waals surface area contributed by atoms with Crippen LogP contribution in [0.3, 0.4) is 0 Å². The Hall–Kier alpha value is -2.82. The highest BCUT2D eigenvalue weighted by Crippen LogP contribution is 2.44. The molecule has 0 radical (unpaired) electrons. The lowest BCUT2D eigenvalue weighted by atomic mass is 9.71. The minimum absolute atomic E-state index is 0.0403. The number of hydrogen-bond acceptors (Lipinski definition) is 3. The molecule has 5 nitrogen and oxygen atoms in total. The van der Waals surface area contributed by atoms with Crippen LogP contribution in [0.5, 0.6) is 0 Å². The van der Waals surface area contributed by atoms with Crippen LogP contribution >= 0.6 is 0 Å². The van der Waals surface area contributed by atoms with Crippen molar-refractivity contribution in [3.05, 3.63) is 59.7 Å². The number of aliphatic carboxylic acids is 1. The van der Waals surface area contributed by atoms with Gasteiger partial charge in [0.25, 0.3) is 0 Å². The minimum atomic E-state index is -0.750. The van der Waals surface area contributed by atoms with Crippen molar-refractivity contribution in [1.29, 1.82) is 0 Å². The van der Waals surface area contributed by atoms with E-state index in [4.69, 9.17) is 9.84 Å². The first-order chi connectivity index (χ1) is 13.0. The average molecular weight is 365 g/mol. The highest BCUT2D eigenvalue weighted by Gasteiger charge is 2.38. The molecule has 0 aromatic heterocycles. The smallest absolute Gasteiger partial charge is 0.407 e. The van der Waals surface area contributed by atoms with Crippen molar-refractivity contribution < 1.29 is 19.4 Å². The van der Waals surface area contributed by atoms with E-state index in [0.29, 0.717) is 12.8 Å². The van der Waals surface area contributed by atoms with Gasteiger partial charge in [0, 0.05) is 12.0 Å². The summed E-state index contributed by atoms with van der Waals surface area (Å²) in [6.07, 6.45) is 0.781. The summed E-state index contributed by atoms with van der Waals surface area (Å²) in [5.41, 5.74) is 4.76. The van der Waals surface area contributed by atoms with Gasteiger partial charge in [-0.25, -0.2) is 4.79 Å². The SMILES string of the molecule is CC(NC(=O)OCC1c2ccccc2-c2ccccc21)C1CC(C(=O)O)C1. The maximum absolute atomic E-state index is 12.2. The molecule has 2 N–H and O–H groups in total. The van der Waals surface area contributed by atoms with Crippen molar-refractivity contribution in [1.82, 2.24) is 5.32 Å². The second-order valence-electron chi connectivity index (χ2n) is 7.53. The van der Waals surface area contributed by atoms with Gasteiger partial charge in [0.2, 0.25) is 0 Å². The molecule has 27 heavy (non-hydrogen) atoms. The monoisotopic (exact) mass is 365 g/mol. The van der Waals surface area contributed by atoms with E-state index in [9.17, 15) is 9.59 Å². The molecule has 140 valence electrons. The first-order valence-corrected chi connectivity index (χ1v) is 9.39. The Bertz CT molecular complexity index is 827. The van der Waals surface area contributed by atoms with Crippen molar-refractivity contribution in [3.63, 3.8) is 0 Å². The fraction of sp³-hybridized carbons (Fsp3) is 0.364. The molecule has 1 saturated carbocycles. The van der Waals surface area contributed by atoms with Gasteiger partial charge in [-0.05, 0) is 47.9 Å². The normalized spacial score (nSPS) is 21.5. The van der Waals surface area contributed by atoms with Gasteiger partial charge < -0.3 is 15.2 Å². The van der Waals surface area contributed by atoms with Crippen molar-refractivity contribution in [2.75, 3.05) is 6.61 Å². The fourth-order valence-corrected chi connectivity index (χ4v) is 4.22. The molecular formula is C22H23NO4. The summed E-state index contributed by atoms with van der Waals surface area (Å²) in [6.45, 7) is 2.19. The summed E-state index contributed by atoms with van der Waals surface area (Å²) in [7, 11) is 0. The molecule has 1 atom stereocenters. The highest BCUT2D eigenvalue weighted by atomic mass is 16.5. The predicted octanol–water partition coefficient (Wildman–Crippen LogP) is 4.02. The number of carboxylic acid groups (broad SMARTS) is 1. The molecule has 0 heterocycles. The van der Waals surface area contributed by atoms with Gasteiger partial charge >= 0.3 is 12.1 Å². The zero-order valence-electron chi connectivity index (χ0n) is 15.2. The fourth-order valence-electron chi connectivity index (χ4n) is 4.22. The van der Waals surface area contributed by atoms with Crippen molar-refractivity contribution in [2.45, 2.75) is 31.7 Å². The molecule has 1 amide bonds. The number of carbonyl (C=O) groups excluding carboxylic acids is 1. The van der Waals surface area contributed by atoms with Crippen LogP contribution in [-0.4, -0.2) is 29.8 Å². The minimum Gasteiger partial charge on any atom is -0.481 e. The number of benzene rings is 2. The Labute approximate surface area is 158 Å². The second-order valence-corrected chi connectivity index (χ2v) is 7.53. The average Bonchev–Trinajstić information content (AvgIpc) is 2.92. The summed E-state index contributed by atoms with van der Waals surface area (Å²) in [6, 6.07) is 16.4. The Morgan fingerprint density at radius 2 is 1.63 bits per heavy atom. The first kappa shape index (κ1) is 17.6. The number of alkyl carbamates (subject to hydrolysis) is 1. The maximum Gasteiger partial charge on any atom is 0.407 e. The third kappa shape index (κ3) is 3.29. The molecule has 2 aromatic rings. The summed E-state index contributed by atoms with van der Waals surface area (Å²) >= 11 is 0. The molecule has 0 aliphatic heterocycles. The van der Waals surface area contributed by atoms with Crippen LogP contribution in [0.1, 0.15) is 36.8 Å². The van der Waals surface area contributed by atoms with Crippen LogP contribution in [0.2, 0.25) is 0 Å². The molecule has 1 unspecified atom stereocenters. The number of fused-ring (bicyclic) bond motifs is 3. The lowest BCUT2D eigenvalue weighted by Gasteiger charge is -2.36. The standard InChI is InChI=1S/C22H23NO4/c1-13(14-10-15(11-14)21(24)25)23-22(26)27-12-20-18-8-4-2-6-16(18)17-7-3-5-9-19(17)20/h2-9,13-15,20H,10-12H2,1H3,(H,23,26)(H,24,25). The third-order valence-electron chi connectivity index (χ3n) is 5.92. The van der Waals surface area contributed by atoms with E-state index in [2.05, 4.69) is 29.6 Å². The molecule has 4 rings (SSSR count). The molecule has 2 aliphatic rings.